The Hall–Kier alpha value is -3.01. The molecule has 1 aliphatic rings. The number of anilines is 1. The Morgan fingerprint density at radius 2 is 1.64 bits per heavy atom. The van der Waals surface area contributed by atoms with Crippen LogP contribution in [0.25, 0.3) is 0 Å². The van der Waals surface area contributed by atoms with Gasteiger partial charge in [-0.2, -0.15) is 0 Å². The number of ether oxygens (including phenoxy) is 4. The lowest BCUT2D eigenvalue weighted by molar-refractivity contribution is -0.165. The van der Waals surface area contributed by atoms with Gasteiger partial charge >= 0.3 is 17.9 Å². The molecule has 0 radical (unpaired) electrons. The number of carbonyl (C=O) groups excluding carboxylic acids is 4. The van der Waals surface area contributed by atoms with E-state index < -0.39 is 42.3 Å². The predicted octanol–water partition coefficient (Wildman–Crippen LogP) is 0.906. The summed E-state index contributed by atoms with van der Waals surface area (Å²) < 4.78 is 21.5. The molecule has 1 aromatic heterocycles. The highest BCUT2D eigenvalue weighted by atomic mass is 16.6. The quantitative estimate of drug-likeness (QED) is 0.552. The molecule has 1 aliphatic heterocycles. The molecule has 0 bridgehead atoms. The average molecular weight is 394 g/mol. The monoisotopic (exact) mass is 394 g/mol. The van der Waals surface area contributed by atoms with Crippen molar-refractivity contribution in [1.82, 2.24) is 4.98 Å². The second-order valence-corrected chi connectivity index (χ2v) is 6.20. The van der Waals surface area contributed by atoms with E-state index in [-0.39, 0.29) is 12.5 Å². The van der Waals surface area contributed by atoms with Crippen molar-refractivity contribution >= 4 is 29.6 Å². The Kier molecular flexibility index (Phi) is 7.05. The minimum atomic E-state index is -0.972. The number of carbonyl (C=O) groups is 4. The molecule has 2 rings (SSSR count). The van der Waals surface area contributed by atoms with Crippen LogP contribution in [-0.2, 0) is 38.1 Å². The van der Waals surface area contributed by atoms with Crippen LogP contribution in [0.1, 0.15) is 39.4 Å². The zero-order chi connectivity index (χ0) is 20.8. The summed E-state index contributed by atoms with van der Waals surface area (Å²) in [6, 6.07) is 3.20. The van der Waals surface area contributed by atoms with E-state index >= 15 is 0 Å². The number of aromatic nitrogens is 1. The van der Waals surface area contributed by atoms with E-state index in [1.165, 1.54) is 33.9 Å². The summed E-state index contributed by atoms with van der Waals surface area (Å²) in [5.41, 5.74) is 0.530. The molecule has 4 atom stereocenters. The van der Waals surface area contributed by atoms with Crippen molar-refractivity contribution in [2.45, 2.75) is 52.1 Å². The minimum Gasteiger partial charge on any atom is -0.463 e. The number of nitrogens with zero attached hydrogens (tertiary/aromatic N) is 1. The lowest BCUT2D eigenvalue weighted by atomic mass is 10.0. The van der Waals surface area contributed by atoms with E-state index in [9.17, 15) is 19.2 Å². The van der Waals surface area contributed by atoms with Crippen molar-refractivity contribution in [1.29, 1.82) is 0 Å². The lowest BCUT2D eigenvalue weighted by Gasteiger charge is -2.23. The van der Waals surface area contributed by atoms with Gasteiger partial charge in [0.15, 0.2) is 12.2 Å². The molecule has 1 amide bonds. The standard InChI is InChI=1S/C18H22N2O8/c1-9(21)20-15-6-5-13(7-19-15)16-18(27-12(4)24)17(26-11(3)23)14(28-16)8-25-10(2)22/h5-7,14,16-18H,8H2,1-4H3,(H,19,20,21)/t14-,16+,17-,18+/m1/s1. The Morgan fingerprint density at radius 1 is 1.00 bits per heavy atom. The summed E-state index contributed by atoms with van der Waals surface area (Å²) in [6.45, 7) is 4.85. The maximum atomic E-state index is 11.6. The van der Waals surface area contributed by atoms with Crippen LogP contribution in [0.3, 0.4) is 0 Å². The smallest absolute Gasteiger partial charge is 0.303 e. The largest absolute Gasteiger partial charge is 0.463 e. The summed E-state index contributed by atoms with van der Waals surface area (Å²) in [5.74, 6) is -1.65. The maximum absolute atomic E-state index is 11.6. The highest BCUT2D eigenvalue weighted by Gasteiger charge is 2.50. The molecule has 1 N–H and O–H groups in total. The SMILES string of the molecule is CC(=O)Nc1ccc([C@@H]2O[C@H](COC(C)=O)[C@@H](OC(C)=O)[C@H]2OC(C)=O)cn1. The number of hydrogen-bond donors (Lipinski definition) is 1. The van der Waals surface area contributed by atoms with E-state index in [2.05, 4.69) is 10.3 Å². The molecular formula is C18H22N2O8. The van der Waals surface area contributed by atoms with E-state index in [0.717, 1.165) is 0 Å². The lowest BCUT2D eigenvalue weighted by Crippen LogP contribution is -2.40. The molecule has 1 aromatic rings. The summed E-state index contributed by atoms with van der Waals surface area (Å²) in [7, 11) is 0. The van der Waals surface area contributed by atoms with Crippen LogP contribution >= 0.6 is 0 Å². The van der Waals surface area contributed by atoms with E-state index in [4.69, 9.17) is 18.9 Å². The average Bonchev–Trinajstić information content (AvgIpc) is 2.90. The van der Waals surface area contributed by atoms with Crippen LogP contribution in [0.4, 0.5) is 5.82 Å². The second-order valence-electron chi connectivity index (χ2n) is 6.20. The molecule has 152 valence electrons. The van der Waals surface area contributed by atoms with Gasteiger partial charge in [-0.1, -0.05) is 6.07 Å². The van der Waals surface area contributed by atoms with Crippen molar-refractivity contribution in [3.05, 3.63) is 23.9 Å². The fourth-order valence-electron chi connectivity index (χ4n) is 2.81. The van der Waals surface area contributed by atoms with Crippen LogP contribution in [0.15, 0.2) is 18.3 Å². The van der Waals surface area contributed by atoms with Crippen molar-refractivity contribution in [3.63, 3.8) is 0 Å². The number of pyridine rings is 1. The third kappa shape index (κ3) is 5.74. The van der Waals surface area contributed by atoms with Gasteiger partial charge in [0, 0.05) is 39.5 Å². The van der Waals surface area contributed by atoms with Gasteiger partial charge in [0.2, 0.25) is 5.91 Å². The number of esters is 3. The maximum Gasteiger partial charge on any atom is 0.303 e. The zero-order valence-corrected chi connectivity index (χ0v) is 16.0. The van der Waals surface area contributed by atoms with Gasteiger partial charge in [-0.25, -0.2) is 4.98 Å². The van der Waals surface area contributed by atoms with Crippen LogP contribution in [0.5, 0.6) is 0 Å². The van der Waals surface area contributed by atoms with Crippen LogP contribution in [0, 0.1) is 0 Å². The van der Waals surface area contributed by atoms with Gasteiger partial charge in [0.05, 0.1) is 0 Å². The van der Waals surface area contributed by atoms with Gasteiger partial charge in [-0.15, -0.1) is 0 Å². The molecule has 10 heteroatoms. The molecule has 0 spiro atoms. The number of nitrogens with one attached hydrogen (secondary N) is 1. The first kappa shape index (κ1) is 21.3. The van der Waals surface area contributed by atoms with Crippen molar-refractivity contribution < 1.29 is 38.1 Å². The summed E-state index contributed by atoms with van der Waals surface area (Å²) >= 11 is 0. The molecule has 10 nitrogen and oxygen atoms in total. The van der Waals surface area contributed by atoms with Gasteiger partial charge in [0.25, 0.3) is 0 Å². The topological polar surface area (TPSA) is 130 Å². The van der Waals surface area contributed by atoms with E-state index in [1.54, 1.807) is 12.1 Å². The van der Waals surface area contributed by atoms with Gasteiger partial charge in [-0.05, 0) is 6.07 Å². The molecule has 1 saturated heterocycles. The molecule has 0 saturated carbocycles. The van der Waals surface area contributed by atoms with E-state index in [1.807, 2.05) is 0 Å². The van der Waals surface area contributed by atoms with Crippen LogP contribution in [0.2, 0.25) is 0 Å². The first-order valence-corrected chi connectivity index (χ1v) is 8.54. The normalized spacial score (nSPS) is 23.6. The van der Waals surface area contributed by atoms with Crippen molar-refractivity contribution in [2.24, 2.45) is 0 Å². The third-order valence-electron chi connectivity index (χ3n) is 3.78. The second kappa shape index (κ2) is 9.27. The van der Waals surface area contributed by atoms with Crippen molar-refractivity contribution in [3.8, 4) is 0 Å². The molecule has 0 aromatic carbocycles. The van der Waals surface area contributed by atoms with Crippen LogP contribution < -0.4 is 5.32 Å². The highest BCUT2D eigenvalue weighted by Crippen LogP contribution is 2.37. The van der Waals surface area contributed by atoms with Crippen molar-refractivity contribution in [2.75, 3.05) is 11.9 Å². The first-order chi connectivity index (χ1) is 13.2. The summed E-state index contributed by atoms with van der Waals surface area (Å²) in [5, 5.41) is 2.54. The summed E-state index contributed by atoms with van der Waals surface area (Å²) in [4.78, 5) is 49.5. The van der Waals surface area contributed by atoms with Gasteiger partial charge in [-0.3, -0.25) is 19.2 Å². The zero-order valence-electron chi connectivity index (χ0n) is 16.0. The third-order valence-corrected chi connectivity index (χ3v) is 3.78. The molecule has 28 heavy (non-hydrogen) atoms. The van der Waals surface area contributed by atoms with Gasteiger partial charge < -0.3 is 24.3 Å². The Balaban J connectivity index is 2.30. The molecule has 0 unspecified atom stereocenters. The highest BCUT2D eigenvalue weighted by molar-refractivity contribution is 5.87. The Labute approximate surface area is 161 Å². The van der Waals surface area contributed by atoms with E-state index in [0.29, 0.717) is 11.4 Å². The molecule has 2 heterocycles. The predicted molar refractivity (Wildman–Crippen MR) is 93.9 cm³/mol. The van der Waals surface area contributed by atoms with Crippen LogP contribution in [-0.4, -0.2) is 53.7 Å². The molecule has 0 aliphatic carbocycles. The number of rotatable bonds is 6. The fraction of sp³-hybridized carbons (Fsp3) is 0.500. The molecular weight excluding hydrogens is 372 g/mol. The summed E-state index contributed by atoms with van der Waals surface area (Å²) in [6.07, 6.45) is -2.13. The van der Waals surface area contributed by atoms with Gasteiger partial charge in [0.1, 0.15) is 24.6 Å². The first-order valence-electron chi connectivity index (χ1n) is 8.54. The Morgan fingerprint density at radius 3 is 2.14 bits per heavy atom. The minimum absolute atomic E-state index is 0.182. The Bertz CT molecular complexity index is 748. The number of hydrogen-bond acceptors (Lipinski definition) is 9. The molecule has 1 fully saturated rings. The fourth-order valence-corrected chi connectivity index (χ4v) is 2.81. The number of amides is 1.